The predicted octanol–water partition coefficient (Wildman–Crippen LogP) is 8.74. The zero-order valence-corrected chi connectivity index (χ0v) is 23.8. The van der Waals surface area contributed by atoms with Crippen LogP contribution in [0.25, 0.3) is 0 Å². The van der Waals surface area contributed by atoms with Crippen molar-refractivity contribution >= 4 is 28.4 Å². The molecule has 0 aliphatic carbocycles. The first-order chi connectivity index (χ1) is 14.1. The van der Waals surface area contributed by atoms with E-state index < -0.39 is 16.6 Å². The molecule has 0 aromatic rings. The molecular formula is C24H54O2SSi2. The molecule has 0 amide bonds. The van der Waals surface area contributed by atoms with Crippen LogP contribution < -0.4 is 0 Å². The Hall–Kier alpha value is 0.704. The Kier molecular flexibility index (Phi) is 19.9. The summed E-state index contributed by atoms with van der Waals surface area (Å²) in [6.45, 7) is 16.0. The molecule has 0 N–H and O–H groups in total. The summed E-state index contributed by atoms with van der Waals surface area (Å²) in [7, 11) is -3.21. The minimum Gasteiger partial charge on any atom is -0.416 e. The molecule has 0 aliphatic heterocycles. The van der Waals surface area contributed by atoms with E-state index in [9.17, 15) is 0 Å². The number of hydrogen-bond acceptors (Lipinski definition) is 3. The second kappa shape index (κ2) is 19.4. The summed E-state index contributed by atoms with van der Waals surface area (Å²) in [5.74, 6) is 0. The van der Waals surface area contributed by atoms with Gasteiger partial charge >= 0.3 is 0 Å². The maximum Gasteiger partial charge on any atom is 0.202 e. The van der Waals surface area contributed by atoms with Crippen LogP contribution in [0.4, 0.5) is 0 Å². The summed E-state index contributed by atoms with van der Waals surface area (Å²) in [5, 5.41) is 2.59. The largest absolute Gasteiger partial charge is 0.416 e. The van der Waals surface area contributed by atoms with Crippen molar-refractivity contribution in [3.8, 4) is 0 Å². The van der Waals surface area contributed by atoms with Crippen molar-refractivity contribution in [3.05, 3.63) is 0 Å². The van der Waals surface area contributed by atoms with Crippen molar-refractivity contribution in [1.82, 2.24) is 0 Å². The van der Waals surface area contributed by atoms with Crippen LogP contribution >= 0.6 is 11.8 Å². The van der Waals surface area contributed by atoms with Gasteiger partial charge < -0.3 is 8.85 Å². The predicted molar refractivity (Wildman–Crippen MR) is 140 cm³/mol. The van der Waals surface area contributed by atoms with Gasteiger partial charge in [0, 0.05) is 24.0 Å². The first-order valence-corrected chi connectivity index (χ1v) is 19.1. The van der Waals surface area contributed by atoms with Gasteiger partial charge in [0.15, 0.2) is 0 Å². The van der Waals surface area contributed by atoms with E-state index in [0.29, 0.717) is 0 Å². The van der Waals surface area contributed by atoms with Crippen molar-refractivity contribution < 1.29 is 8.85 Å². The molecule has 0 unspecified atom stereocenters. The van der Waals surface area contributed by atoms with Crippen molar-refractivity contribution in [1.29, 1.82) is 0 Å². The van der Waals surface area contributed by atoms with Gasteiger partial charge in [-0.1, -0.05) is 92.9 Å². The first-order valence-electron chi connectivity index (χ1n) is 12.9. The molecule has 29 heavy (non-hydrogen) atoms. The highest BCUT2D eigenvalue weighted by molar-refractivity contribution is 8.02. The quantitative estimate of drug-likeness (QED) is 0.118. The summed E-state index contributed by atoms with van der Waals surface area (Å²) in [4.78, 5) is 0. The van der Waals surface area contributed by atoms with Gasteiger partial charge in [-0.3, -0.25) is 0 Å². The highest BCUT2D eigenvalue weighted by atomic mass is 32.2. The Bertz CT molecular complexity index is 312. The zero-order valence-electron chi connectivity index (χ0n) is 21.0. The molecule has 0 heterocycles. The number of hydrogen-bond donors (Lipinski definition) is 0. The minimum atomic E-state index is -1.61. The van der Waals surface area contributed by atoms with Crippen molar-refractivity contribution in [3.63, 3.8) is 0 Å². The van der Waals surface area contributed by atoms with E-state index in [1.165, 1.54) is 99.1 Å². The van der Waals surface area contributed by atoms with Crippen LogP contribution in [-0.4, -0.2) is 40.6 Å². The zero-order chi connectivity index (χ0) is 21.8. The van der Waals surface area contributed by atoms with Gasteiger partial charge in [0.1, 0.15) is 0 Å². The molecule has 5 heteroatoms. The molecule has 0 atom stereocenters. The SMILES string of the molecule is CCCCCO[Si](CCC)(CCC)CSC[Si](CCC)(CCC)OCCCCC. The Labute approximate surface area is 190 Å². The van der Waals surface area contributed by atoms with E-state index in [1.54, 1.807) is 0 Å². The maximum atomic E-state index is 6.75. The lowest BCUT2D eigenvalue weighted by molar-refractivity contribution is 0.289. The van der Waals surface area contributed by atoms with E-state index in [2.05, 4.69) is 53.3 Å². The van der Waals surface area contributed by atoms with Gasteiger partial charge in [0.2, 0.25) is 16.6 Å². The summed E-state index contributed by atoms with van der Waals surface area (Å²) in [6.07, 6.45) is 12.8. The monoisotopic (exact) mass is 462 g/mol. The van der Waals surface area contributed by atoms with Crippen molar-refractivity contribution in [2.24, 2.45) is 0 Å². The smallest absolute Gasteiger partial charge is 0.202 e. The average Bonchev–Trinajstić information content (AvgIpc) is 2.69. The average molecular weight is 463 g/mol. The van der Waals surface area contributed by atoms with Crippen LogP contribution in [0.1, 0.15) is 106 Å². The summed E-state index contributed by atoms with van der Waals surface area (Å²) < 4.78 is 13.5. The fraction of sp³-hybridized carbons (Fsp3) is 1.00. The minimum absolute atomic E-state index is 1.00. The Balaban J connectivity index is 4.97. The lowest BCUT2D eigenvalue weighted by Gasteiger charge is -2.34. The van der Waals surface area contributed by atoms with E-state index >= 15 is 0 Å². The van der Waals surface area contributed by atoms with Gasteiger partial charge in [0.25, 0.3) is 0 Å². The van der Waals surface area contributed by atoms with Crippen molar-refractivity contribution in [2.45, 2.75) is 130 Å². The third kappa shape index (κ3) is 13.7. The Morgan fingerprint density at radius 2 is 0.828 bits per heavy atom. The van der Waals surface area contributed by atoms with Crippen LogP contribution in [0.2, 0.25) is 24.2 Å². The van der Waals surface area contributed by atoms with Crippen LogP contribution in [0.5, 0.6) is 0 Å². The third-order valence-corrected chi connectivity index (χ3v) is 19.0. The van der Waals surface area contributed by atoms with Gasteiger partial charge in [-0.2, -0.15) is 11.8 Å². The van der Waals surface area contributed by atoms with E-state index in [1.807, 2.05) is 0 Å². The molecule has 0 bridgehead atoms. The van der Waals surface area contributed by atoms with E-state index in [-0.39, 0.29) is 0 Å². The highest BCUT2D eigenvalue weighted by Gasteiger charge is 2.37. The normalized spacial score (nSPS) is 12.6. The Morgan fingerprint density at radius 3 is 1.10 bits per heavy atom. The second-order valence-electron chi connectivity index (χ2n) is 8.97. The molecule has 0 rings (SSSR count). The molecule has 0 fully saturated rings. The van der Waals surface area contributed by atoms with Crippen LogP contribution in [0.15, 0.2) is 0 Å². The molecule has 0 spiro atoms. The molecule has 0 aromatic carbocycles. The van der Waals surface area contributed by atoms with Gasteiger partial charge in [0.05, 0.1) is 0 Å². The Morgan fingerprint density at radius 1 is 0.483 bits per heavy atom. The van der Waals surface area contributed by atoms with Crippen LogP contribution in [-0.2, 0) is 8.85 Å². The molecule has 0 saturated carbocycles. The molecular weight excluding hydrogens is 409 g/mol. The molecule has 0 radical (unpaired) electrons. The third-order valence-electron chi connectivity index (χ3n) is 5.86. The maximum absolute atomic E-state index is 6.75. The number of unbranched alkanes of at least 4 members (excludes halogenated alkanes) is 4. The molecule has 2 nitrogen and oxygen atoms in total. The lowest BCUT2D eigenvalue weighted by atomic mass is 10.3. The molecule has 176 valence electrons. The van der Waals surface area contributed by atoms with Crippen LogP contribution in [0, 0.1) is 0 Å². The molecule has 0 aliphatic rings. The molecule has 0 saturated heterocycles. The van der Waals surface area contributed by atoms with E-state index in [0.717, 1.165) is 13.2 Å². The van der Waals surface area contributed by atoms with Gasteiger partial charge in [-0.25, -0.2) is 0 Å². The van der Waals surface area contributed by atoms with Crippen molar-refractivity contribution in [2.75, 3.05) is 24.0 Å². The fourth-order valence-electron chi connectivity index (χ4n) is 4.44. The molecule has 0 aromatic heterocycles. The standard InChI is InChI=1S/C24H54O2SSi2/c1-7-13-15-17-25-28(19-9-3,20-10-4)23-27-24-29(21-11-5,22-12-6)26-18-16-14-8-2/h7-24H2,1-6H3. The van der Waals surface area contributed by atoms with Crippen LogP contribution in [0.3, 0.4) is 0 Å². The van der Waals surface area contributed by atoms with Gasteiger partial charge in [-0.05, 0) is 37.0 Å². The summed E-state index contributed by atoms with van der Waals surface area (Å²) in [5.41, 5.74) is 0. The lowest BCUT2D eigenvalue weighted by Crippen LogP contribution is -2.45. The summed E-state index contributed by atoms with van der Waals surface area (Å²) >= 11 is 2.23. The topological polar surface area (TPSA) is 18.5 Å². The summed E-state index contributed by atoms with van der Waals surface area (Å²) in [6, 6.07) is 5.36. The first kappa shape index (κ1) is 29.7. The number of rotatable bonds is 22. The van der Waals surface area contributed by atoms with Gasteiger partial charge in [-0.15, -0.1) is 0 Å². The second-order valence-corrected chi connectivity index (χ2v) is 19.0. The number of thioether (sulfide) groups is 1. The highest BCUT2D eigenvalue weighted by Crippen LogP contribution is 2.31. The van der Waals surface area contributed by atoms with E-state index in [4.69, 9.17) is 8.85 Å². The fourth-order valence-corrected chi connectivity index (χ4v) is 17.6.